The molecule has 1 aliphatic rings. The number of ether oxygens (including phenoxy) is 1. The minimum Gasteiger partial charge on any atom is -0.497 e. The number of benzene rings is 3. The first kappa shape index (κ1) is 29.1. The van der Waals surface area contributed by atoms with Gasteiger partial charge in [-0.05, 0) is 68.7 Å². The van der Waals surface area contributed by atoms with Crippen LogP contribution in [0.5, 0.6) is 5.75 Å². The molecule has 212 valence electrons. The highest BCUT2D eigenvalue weighted by molar-refractivity contribution is 7.92. The third-order valence-corrected chi connectivity index (χ3v) is 9.10. The lowest BCUT2D eigenvalue weighted by Crippen LogP contribution is -2.52. The Morgan fingerprint density at radius 1 is 0.950 bits per heavy atom. The van der Waals surface area contributed by atoms with Crippen LogP contribution in [0.25, 0.3) is 0 Å². The SMILES string of the molecule is COc1ccc(N(CC(=O)N(Cc2ccc(C)cc2)[C@@H](C)C(=O)NC2CCCC2)S(=O)(=O)c2ccccc2)cc1. The maximum Gasteiger partial charge on any atom is 0.264 e. The molecule has 1 saturated carbocycles. The molecule has 3 aromatic rings. The first-order valence-corrected chi connectivity index (χ1v) is 15.0. The average Bonchev–Trinajstić information content (AvgIpc) is 3.48. The molecule has 1 aliphatic carbocycles. The second-order valence-corrected chi connectivity index (χ2v) is 12.1. The highest BCUT2D eigenvalue weighted by Crippen LogP contribution is 2.26. The van der Waals surface area contributed by atoms with Gasteiger partial charge in [0.2, 0.25) is 11.8 Å². The van der Waals surface area contributed by atoms with Crippen molar-refractivity contribution >= 4 is 27.5 Å². The minimum absolute atomic E-state index is 0.0655. The van der Waals surface area contributed by atoms with Crippen LogP contribution in [0, 0.1) is 6.92 Å². The van der Waals surface area contributed by atoms with Crippen LogP contribution in [0.2, 0.25) is 0 Å². The Labute approximate surface area is 237 Å². The van der Waals surface area contributed by atoms with E-state index < -0.39 is 28.5 Å². The molecule has 0 unspecified atom stereocenters. The summed E-state index contributed by atoms with van der Waals surface area (Å²) in [6.07, 6.45) is 3.98. The van der Waals surface area contributed by atoms with E-state index in [1.165, 1.54) is 24.1 Å². The zero-order valence-electron chi connectivity index (χ0n) is 23.2. The summed E-state index contributed by atoms with van der Waals surface area (Å²) in [5.41, 5.74) is 2.24. The van der Waals surface area contributed by atoms with E-state index in [1.54, 1.807) is 49.4 Å². The molecule has 1 fully saturated rings. The lowest BCUT2D eigenvalue weighted by atomic mass is 10.1. The van der Waals surface area contributed by atoms with Crippen LogP contribution in [0.15, 0.2) is 83.8 Å². The highest BCUT2D eigenvalue weighted by atomic mass is 32.2. The molecule has 0 radical (unpaired) electrons. The van der Waals surface area contributed by atoms with Gasteiger partial charge in [-0.25, -0.2) is 8.42 Å². The Balaban J connectivity index is 1.67. The van der Waals surface area contributed by atoms with E-state index in [4.69, 9.17) is 4.74 Å². The van der Waals surface area contributed by atoms with Gasteiger partial charge in [0.15, 0.2) is 0 Å². The van der Waals surface area contributed by atoms with Crippen molar-refractivity contribution in [1.29, 1.82) is 0 Å². The Morgan fingerprint density at radius 3 is 2.17 bits per heavy atom. The van der Waals surface area contributed by atoms with Crippen LogP contribution in [0.4, 0.5) is 5.69 Å². The number of amides is 2. The van der Waals surface area contributed by atoms with Crippen LogP contribution in [0.1, 0.15) is 43.7 Å². The smallest absolute Gasteiger partial charge is 0.264 e. The predicted octanol–water partition coefficient (Wildman–Crippen LogP) is 4.68. The fourth-order valence-electron chi connectivity index (χ4n) is 4.86. The number of carbonyl (C=O) groups excluding carboxylic acids is 2. The van der Waals surface area contributed by atoms with E-state index in [2.05, 4.69) is 5.32 Å². The van der Waals surface area contributed by atoms with Crippen LogP contribution in [0.3, 0.4) is 0 Å². The van der Waals surface area contributed by atoms with Gasteiger partial charge in [0.1, 0.15) is 18.3 Å². The van der Waals surface area contributed by atoms with E-state index in [0.29, 0.717) is 11.4 Å². The van der Waals surface area contributed by atoms with Gasteiger partial charge in [-0.1, -0.05) is 60.9 Å². The first-order valence-electron chi connectivity index (χ1n) is 13.6. The summed E-state index contributed by atoms with van der Waals surface area (Å²) in [6, 6.07) is 21.5. The zero-order chi connectivity index (χ0) is 28.7. The van der Waals surface area contributed by atoms with Gasteiger partial charge in [0.05, 0.1) is 17.7 Å². The van der Waals surface area contributed by atoms with Crippen LogP contribution < -0.4 is 14.4 Å². The Bertz CT molecular complexity index is 1390. The largest absolute Gasteiger partial charge is 0.497 e. The number of sulfonamides is 1. The molecule has 1 atom stereocenters. The Kier molecular flexibility index (Phi) is 9.47. The van der Waals surface area contributed by atoms with E-state index in [1.807, 2.05) is 31.2 Å². The summed E-state index contributed by atoms with van der Waals surface area (Å²) >= 11 is 0. The van der Waals surface area contributed by atoms with Gasteiger partial charge >= 0.3 is 0 Å². The summed E-state index contributed by atoms with van der Waals surface area (Å²) in [7, 11) is -2.58. The molecule has 0 aliphatic heterocycles. The quantitative estimate of drug-likeness (QED) is 0.366. The number of nitrogens with zero attached hydrogens (tertiary/aromatic N) is 2. The molecule has 0 aromatic heterocycles. The van der Waals surface area contributed by atoms with E-state index >= 15 is 0 Å². The van der Waals surface area contributed by atoms with Crippen molar-refractivity contribution in [2.45, 2.75) is 63.1 Å². The molecule has 0 heterocycles. The lowest BCUT2D eigenvalue weighted by molar-refractivity contribution is -0.139. The van der Waals surface area contributed by atoms with Crippen molar-refractivity contribution in [3.05, 3.63) is 90.0 Å². The molecular weight excluding hydrogens is 526 g/mol. The maximum atomic E-state index is 14.0. The van der Waals surface area contributed by atoms with E-state index in [9.17, 15) is 18.0 Å². The highest BCUT2D eigenvalue weighted by Gasteiger charge is 2.33. The molecule has 3 aromatic carbocycles. The lowest BCUT2D eigenvalue weighted by Gasteiger charge is -2.32. The number of anilines is 1. The first-order chi connectivity index (χ1) is 19.2. The molecule has 1 N–H and O–H groups in total. The predicted molar refractivity (Wildman–Crippen MR) is 156 cm³/mol. The van der Waals surface area contributed by atoms with Crippen LogP contribution in [-0.4, -0.2) is 50.9 Å². The molecule has 0 bridgehead atoms. The van der Waals surface area contributed by atoms with Gasteiger partial charge in [0.25, 0.3) is 10.0 Å². The number of carbonyl (C=O) groups is 2. The number of rotatable bonds is 11. The van der Waals surface area contributed by atoms with Gasteiger partial charge in [-0.15, -0.1) is 0 Å². The fourth-order valence-corrected chi connectivity index (χ4v) is 6.30. The standard InChI is InChI=1S/C31H37N3O5S/c1-23-13-15-25(16-14-23)21-33(24(2)31(36)32-26-9-7-8-10-26)30(35)22-34(27-17-19-28(39-3)20-18-27)40(37,38)29-11-5-4-6-12-29/h4-6,11-20,24,26H,7-10,21-22H2,1-3H3,(H,32,36)/t24-/m0/s1. The van der Waals surface area contributed by atoms with Crippen molar-refractivity contribution in [2.24, 2.45) is 0 Å². The molecule has 4 rings (SSSR count). The Morgan fingerprint density at radius 2 is 1.57 bits per heavy atom. The third-order valence-electron chi connectivity index (χ3n) is 7.31. The van der Waals surface area contributed by atoms with Crippen molar-refractivity contribution < 1.29 is 22.7 Å². The molecule has 2 amide bonds. The normalized spacial score (nSPS) is 14.4. The van der Waals surface area contributed by atoms with E-state index in [-0.39, 0.29) is 23.4 Å². The summed E-state index contributed by atoms with van der Waals surface area (Å²) in [6.45, 7) is 3.36. The van der Waals surface area contributed by atoms with Crippen LogP contribution in [-0.2, 0) is 26.2 Å². The number of nitrogens with one attached hydrogen (secondary N) is 1. The molecule has 0 spiro atoms. The number of aryl methyl sites for hydroxylation is 1. The van der Waals surface area contributed by atoms with E-state index in [0.717, 1.165) is 41.1 Å². The second-order valence-electron chi connectivity index (χ2n) is 10.2. The summed E-state index contributed by atoms with van der Waals surface area (Å²) in [5.74, 6) is -0.162. The van der Waals surface area contributed by atoms with Gasteiger partial charge in [-0.2, -0.15) is 0 Å². The topological polar surface area (TPSA) is 96.0 Å². The maximum absolute atomic E-state index is 14.0. The minimum atomic E-state index is -4.10. The average molecular weight is 564 g/mol. The molecule has 40 heavy (non-hydrogen) atoms. The number of methoxy groups -OCH3 is 1. The zero-order valence-corrected chi connectivity index (χ0v) is 24.1. The Hall–Kier alpha value is -3.85. The van der Waals surface area contributed by atoms with Crippen molar-refractivity contribution in [2.75, 3.05) is 18.0 Å². The van der Waals surface area contributed by atoms with Gasteiger partial charge in [0, 0.05) is 12.6 Å². The monoisotopic (exact) mass is 563 g/mol. The van der Waals surface area contributed by atoms with Crippen LogP contribution >= 0.6 is 0 Å². The molecule has 9 heteroatoms. The molecular formula is C31H37N3O5S. The summed E-state index contributed by atoms with van der Waals surface area (Å²) in [5, 5.41) is 3.08. The number of hydrogen-bond donors (Lipinski definition) is 1. The van der Waals surface area contributed by atoms with Crippen molar-refractivity contribution in [3.63, 3.8) is 0 Å². The van der Waals surface area contributed by atoms with Gasteiger partial charge < -0.3 is 15.0 Å². The van der Waals surface area contributed by atoms with Crippen molar-refractivity contribution in [1.82, 2.24) is 10.2 Å². The summed E-state index contributed by atoms with van der Waals surface area (Å²) in [4.78, 5) is 28.8. The van der Waals surface area contributed by atoms with Crippen molar-refractivity contribution in [3.8, 4) is 5.75 Å². The number of hydrogen-bond acceptors (Lipinski definition) is 5. The fraction of sp³-hybridized carbons (Fsp3) is 0.355. The summed E-state index contributed by atoms with van der Waals surface area (Å²) < 4.78 is 34.0. The molecule has 0 saturated heterocycles. The second kappa shape index (κ2) is 13.0. The van der Waals surface area contributed by atoms with Gasteiger partial charge in [-0.3, -0.25) is 13.9 Å². The third kappa shape index (κ3) is 7.01. The molecule has 8 nitrogen and oxygen atoms in total.